The van der Waals surface area contributed by atoms with Crippen LogP contribution in [0, 0.1) is 0 Å². The van der Waals surface area contributed by atoms with E-state index < -0.39 is 23.4 Å². The third kappa shape index (κ3) is 2.91. The van der Waals surface area contributed by atoms with Gasteiger partial charge in [-0.05, 0) is 24.6 Å². The molecule has 0 spiro atoms. The largest absolute Gasteiger partial charge is 0.325 e. The number of aromatic nitrogens is 2. The van der Waals surface area contributed by atoms with Crippen molar-refractivity contribution in [3.63, 3.8) is 0 Å². The number of carbonyl (C=O) groups is 3. The summed E-state index contributed by atoms with van der Waals surface area (Å²) in [5.74, 6) is -0.960. The molecule has 2 aromatic carbocycles. The van der Waals surface area contributed by atoms with Gasteiger partial charge in [-0.3, -0.25) is 14.5 Å². The summed E-state index contributed by atoms with van der Waals surface area (Å²) in [5, 5.41) is 5.38. The zero-order valence-corrected chi connectivity index (χ0v) is 15.1. The van der Waals surface area contributed by atoms with E-state index in [-0.39, 0.29) is 6.54 Å². The van der Waals surface area contributed by atoms with Crippen LogP contribution in [0.2, 0.25) is 0 Å². The second-order valence-corrected chi connectivity index (χ2v) is 6.83. The molecule has 0 saturated carbocycles. The van der Waals surface area contributed by atoms with E-state index in [0.29, 0.717) is 22.3 Å². The Hall–Kier alpha value is -3.33. The Labute approximate surface area is 158 Å². The predicted molar refractivity (Wildman–Crippen MR) is 100 cm³/mol. The van der Waals surface area contributed by atoms with Gasteiger partial charge in [-0.2, -0.15) is 8.75 Å². The highest BCUT2D eigenvalue weighted by Gasteiger charge is 2.49. The molecule has 1 atom stereocenters. The summed E-state index contributed by atoms with van der Waals surface area (Å²) in [6.45, 7) is 1.24. The summed E-state index contributed by atoms with van der Waals surface area (Å²) in [6, 6.07) is 13.6. The Morgan fingerprint density at radius 1 is 1.15 bits per heavy atom. The highest BCUT2D eigenvalue weighted by atomic mass is 32.1. The third-order valence-electron chi connectivity index (χ3n) is 4.49. The zero-order valence-electron chi connectivity index (χ0n) is 14.3. The minimum atomic E-state index is -1.20. The summed E-state index contributed by atoms with van der Waals surface area (Å²) < 4.78 is 8.27. The van der Waals surface area contributed by atoms with Crippen LogP contribution >= 0.6 is 11.7 Å². The van der Waals surface area contributed by atoms with Crippen molar-refractivity contribution in [3.05, 3.63) is 54.1 Å². The van der Waals surface area contributed by atoms with Gasteiger partial charge in [0.05, 0.1) is 17.4 Å². The molecule has 0 radical (unpaired) electrons. The molecule has 0 bridgehead atoms. The van der Waals surface area contributed by atoms with Crippen LogP contribution in [0.4, 0.5) is 10.5 Å². The summed E-state index contributed by atoms with van der Waals surface area (Å²) in [7, 11) is 0. The number of hydrogen-bond acceptors (Lipinski definition) is 6. The van der Waals surface area contributed by atoms with Crippen molar-refractivity contribution in [1.82, 2.24) is 19.0 Å². The first-order valence-corrected chi connectivity index (χ1v) is 8.93. The van der Waals surface area contributed by atoms with E-state index in [9.17, 15) is 14.4 Å². The second-order valence-electron chi connectivity index (χ2n) is 6.30. The summed E-state index contributed by atoms with van der Waals surface area (Å²) in [5.41, 5.74) is 1.19. The van der Waals surface area contributed by atoms with E-state index in [4.69, 9.17) is 0 Å². The van der Waals surface area contributed by atoms with Crippen LogP contribution in [-0.4, -0.2) is 38.0 Å². The third-order valence-corrected chi connectivity index (χ3v) is 5.03. The fraction of sp³-hybridized carbons (Fsp3) is 0.167. The lowest BCUT2D eigenvalue weighted by molar-refractivity contribution is -0.133. The first-order valence-electron chi connectivity index (χ1n) is 8.20. The lowest BCUT2D eigenvalue weighted by atomic mass is 9.92. The molecular formula is C18H15N5O3S. The molecule has 8 nitrogen and oxygen atoms in total. The highest BCUT2D eigenvalue weighted by molar-refractivity contribution is 7.00. The lowest BCUT2D eigenvalue weighted by Gasteiger charge is -2.22. The standard InChI is InChI=1S/C18H15N5O3S/c1-18(11-6-3-2-4-7-11)16(25)23(17(26)20-18)10-14(24)19-12-8-5-9-13-15(12)22-27-21-13/h2-9H,10H2,1H3,(H,19,24)(H,20,26)/t18-/m1/s1. The predicted octanol–water partition coefficient (Wildman–Crippen LogP) is 2.10. The monoisotopic (exact) mass is 381 g/mol. The van der Waals surface area contributed by atoms with E-state index in [1.54, 1.807) is 49.4 Å². The maximum absolute atomic E-state index is 12.8. The van der Waals surface area contributed by atoms with Crippen molar-refractivity contribution >= 4 is 46.3 Å². The van der Waals surface area contributed by atoms with Gasteiger partial charge >= 0.3 is 6.03 Å². The molecule has 4 rings (SSSR count). The van der Waals surface area contributed by atoms with Gasteiger partial charge in [0.2, 0.25) is 5.91 Å². The first kappa shape index (κ1) is 17.1. The fourth-order valence-electron chi connectivity index (χ4n) is 3.05. The smallest absolute Gasteiger partial charge is 0.323 e. The van der Waals surface area contributed by atoms with Crippen molar-refractivity contribution in [2.75, 3.05) is 11.9 Å². The van der Waals surface area contributed by atoms with Gasteiger partial charge in [-0.1, -0.05) is 36.4 Å². The van der Waals surface area contributed by atoms with Crippen LogP contribution in [0.1, 0.15) is 12.5 Å². The topological polar surface area (TPSA) is 104 Å². The number of rotatable bonds is 4. The number of anilines is 1. The molecule has 136 valence electrons. The maximum Gasteiger partial charge on any atom is 0.325 e. The molecule has 1 aliphatic heterocycles. The van der Waals surface area contributed by atoms with Crippen LogP contribution in [-0.2, 0) is 15.1 Å². The van der Waals surface area contributed by atoms with Crippen LogP contribution < -0.4 is 10.6 Å². The molecule has 9 heteroatoms. The van der Waals surface area contributed by atoms with Crippen LogP contribution in [0.5, 0.6) is 0 Å². The van der Waals surface area contributed by atoms with Gasteiger partial charge in [-0.15, -0.1) is 0 Å². The Morgan fingerprint density at radius 3 is 2.70 bits per heavy atom. The minimum Gasteiger partial charge on any atom is -0.323 e. The molecule has 3 aromatic rings. The average Bonchev–Trinajstić information content (AvgIpc) is 3.23. The number of amides is 4. The second kappa shape index (κ2) is 6.44. The lowest BCUT2D eigenvalue weighted by Crippen LogP contribution is -2.42. The molecule has 0 aliphatic carbocycles. The van der Waals surface area contributed by atoms with Gasteiger partial charge in [0, 0.05) is 0 Å². The van der Waals surface area contributed by atoms with Crippen molar-refractivity contribution in [3.8, 4) is 0 Å². The molecule has 2 N–H and O–H groups in total. The molecule has 1 fully saturated rings. The van der Waals surface area contributed by atoms with Crippen molar-refractivity contribution < 1.29 is 14.4 Å². The normalized spacial score (nSPS) is 19.4. The fourth-order valence-corrected chi connectivity index (χ4v) is 3.60. The molecule has 1 aromatic heterocycles. The quantitative estimate of drug-likeness (QED) is 0.674. The van der Waals surface area contributed by atoms with Gasteiger partial charge in [0.25, 0.3) is 5.91 Å². The number of nitrogens with zero attached hydrogens (tertiary/aromatic N) is 3. The minimum absolute atomic E-state index is 0.388. The Morgan fingerprint density at radius 2 is 1.93 bits per heavy atom. The van der Waals surface area contributed by atoms with Gasteiger partial charge in [0.15, 0.2) is 0 Å². The summed E-state index contributed by atoms with van der Waals surface area (Å²) in [4.78, 5) is 38.5. The number of carbonyl (C=O) groups excluding carboxylic acids is 3. The Kier molecular flexibility index (Phi) is 4.08. The number of fused-ring (bicyclic) bond motifs is 1. The van der Waals surface area contributed by atoms with Crippen molar-refractivity contribution in [1.29, 1.82) is 0 Å². The summed E-state index contributed by atoms with van der Waals surface area (Å²) in [6.07, 6.45) is 0. The number of imide groups is 1. The van der Waals surface area contributed by atoms with Gasteiger partial charge < -0.3 is 10.6 Å². The van der Waals surface area contributed by atoms with E-state index in [2.05, 4.69) is 19.4 Å². The zero-order chi connectivity index (χ0) is 19.0. The van der Waals surface area contributed by atoms with Crippen molar-refractivity contribution in [2.45, 2.75) is 12.5 Å². The number of hydrogen-bond donors (Lipinski definition) is 2. The van der Waals surface area contributed by atoms with E-state index in [0.717, 1.165) is 16.6 Å². The first-order chi connectivity index (χ1) is 13.0. The van der Waals surface area contributed by atoms with Gasteiger partial charge in [0.1, 0.15) is 23.1 Å². The van der Waals surface area contributed by atoms with E-state index in [1.165, 1.54) is 0 Å². The highest BCUT2D eigenvalue weighted by Crippen LogP contribution is 2.28. The Bertz CT molecular complexity index is 1050. The molecular weight excluding hydrogens is 366 g/mol. The number of urea groups is 1. The van der Waals surface area contributed by atoms with E-state index >= 15 is 0 Å². The van der Waals surface area contributed by atoms with Gasteiger partial charge in [-0.25, -0.2) is 4.79 Å². The molecule has 1 saturated heterocycles. The molecule has 27 heavy (non-hydrogen) atoms. The maximum atomic E-state index is 12.8. The molecule has 2 heterocycles. The summed E-state index contributed by atoms with van der Waals surface area (Å²) >= 11 is 1.05. The number of benzene rings is 2. The van der Waals surface area contributed by atoms with Crippen molar-refractivity contribution in [2.24, 2.45) is 0 Å². The number of nitrogens with one attached hydrogen (secondary N) is 2. The Balaban J connectivity index is 1.52. The van der Waals surface area contributed by atoms with Crippen LogP contribution in [0.25, 0.3) is 11.0 Å². The van der Waals surface area contributed by atoms with Crippen LogP contribution in [0.15, 0.2) is 48.5 Å². The van der Waals surface area contributed by atoms with E-state index in [1.807, 2.05) is 6.07 Å². The van der Waals surface area contributed by atoms with Crippen LogP contribution in [0.3, 0.4) is 0 Å². The average molecular weight is 381 g/mol. The molecule has 4 amide bonds. The SMILES string of the molecule is C[C@]1(c2ccccc2)NC(=O)N(CC(=O)Nc2cccc3nsnc23)C1=O. The molecule has 0 unspecified atom stereocenters. The molecule has 1 aliphatic rings.